The predicted octanol–water partition coefficient (Wildman–Crippen LogP) is 4.88. The van der Waals surface area contributed by atoms with Crippen molar-refractivity contribution >= 4 is 5.78 Å². The minimum Gasteiger partial charge on any atom is -0.489 e. The summed E-state index contributed by atoms with van der Waals surface area (Å²) in [4.78, 5) is 12.8. The molecule has 0 N–H and O–H groups in total. The quantitative estimate of drug-likeness (QED) is 0.512. The zero-order valence-electron chi connectivity index (χ0n) is 16.5. The second-order valence-electron chi connectivity index (χ2n) is 7.11. The van der Waals surface area contributed by atoms with Gasteiger partial charge in [0.2, 0.25) is 6.10 Å². The fourth-order valence-electron chi connectivity index (χ4n) is 3.45. The number of hydrogen-bond donors (Lipinski definition) is 0. The van der Waals surface area contributed by atoms with E-state index in [-0.39, 0.29) is 11.7 Å². The molecule has 0 saturated heterocycles. The summed E-state index contributed by atoms with van der Waals surface area (Å²) in [6.07, 6.45) is 8.86. The van der Waals surface area contributed by atoms with Gasteiger partial charge in [-0.15, -0.1) is 6.42 Å². The Kier molecular flexibility index (Phi) is 6.55. The van der Waals surface area contributed by atoms with Gasteiger partial charge in [-0.25, -0.2) is 0 Å². The molecule has 3 rings (SSSR count). The first-order chi connectivity index (χ1) is 13.6. The number of Topliss-reactive ketones (excluding diaryl/α,β-unsaturated/α-hetero) is 1. The number of ketones is 1. The molecule has 0 spiro atoms. The van der Waals surface area contributed by atoms with Crippen LogP contribution >= 0.6 is 0 Å². The van der Waals surface area contributed by atoms with E-state index >= 15 is 0 Å². The molecule has 1 aliphatic rings. The van der Waals surface area contributed by atoms with Gasteiger partial charge in [0, 0.05) is 5.92 Å². The van der Waals surface area contributed by atoms with Crippen molar-refractivity contribution in [2.24, 2.45) is 5.92 Å². The number of allylic oxidation sites excluding steroid dienone is 2. The zero-order valence-corrected chi connectivity index (χ0v) is 16.5. The summed E-state index contributed by atoms with van der Waals surface area (Å²) in [6, 6.07) is 16.3. The van der Waals surface area contributed by atoms with E-state index in [4.69, 9.17) is 15.9 Å². The van der Waals surface area contributed by atoms with E-state index in [1.807, 2.05) is 56.3 Å². The van der Waals surface area contributed by atoms with Gasteiger partial charge in [0.05, 0.1) is 5.76 Å². The third-order valence-electron chi connectivity index (χ3n) is 5.18. The maximum Gasteiger partial charge on any atom is 0.216 e. The van der Waals surface area contributed by atoms with Crippen molar-refractivity contribution in [3.8, 4) is 18.1 Å². The van der Waals surface area contributed by atoms with Crippen LogP contribution in [0.2, 0.25) is 0 Å². The Balaban J connectivity index is 1.64. The molecule has 0 amide bonds. The van der Waals surface area contributed by atoms with Gasteiger partial charge >= 0.3 is 0 Å². The fraction of sp³-hybridized carbons (Fsp3) is 0.320. The van der Waals surface area contributed by atoms with E-state index in [9.17, 15) is 4.79 Å². The lowest BCUT2D eigenvalue weighted by atomic mass is 9.80. The predicted molar refractivity (Wildman–Crippen MR) is 111 cm³/mol. The van der Waals surface area contributed by atoms with Crippen molar-refractivity contribution in [3.63, 3.8) is 0 Å². The van der Waals surface area contributed by atoms with Crippen LogP contribution in [0.3, 0.4) is 0 Å². The van der Waals surface area contributed by atoms with Crippen molar-refractivity contribution in [1.82, 2.24) is 0 Å². The van der Waals surface area contributed by atoms with Crippen molar-refractivity contribution in [2.45, 2.75) is 45.8 Å². The van der Waals surface area contributed by atoms with Crippen molar-refractivity contribution in [3.05, 3.63) is 77.1 Å². The number of carbonyl (C=O) groups is 1. The number of fused-ring (bicyclic) bond motifs is 1. The van der Waals surface area contributed by atoms with E-state index in [0.717, 1.165) is 24.2 Å². The van der Waals surface area contributed by atoms with Gasteiger partial charge in [0.15, 0.2) is 5.78 Å². The molecule has 144 valence electrons. The van der Waals surface area contributed by atoms with Crippen molar-refractivity contribution in [1.29, 1.82) is 0 Å². The SMILES string of the molecule is C#CC(O/C(C)=C\C)C(=O)C1CCc2cc(OCc3ccccc3)ccc2C1. The summed E-state index contributed by atoms with van der Waals surface area (Å²) in [5.74, 6) is 3.93. The van der Waals surface area contributed by atoms with E-state index in [1.165, 1.54) is 11.1 Å². The summed E-state index contributed by atoms with van der Waals surface area (Å²) >= 11 is 0. The molecule has 0 saturated carbocycles. The largest absolute Gasteiger partial charge is 0.489 e. The van der Waals surface area contributed by atoms with Gasteiger partial charge in [-0.05, 0) is 68.0 Å². The zero-order chi connectivity index (χ0) is 19.9. The van der Waals surface area contributed by atoms with Crippen LogP contribution in [0.4, 0.5) is 0 Å². The molecule has 0 fully saturated rings. The van der Waals surface area contributed by atoms with Gasteiger partial charge in [-0.3, -0.25) is 4.79 Å². The van der Waals surface area contributed by atoms with Gasteiger partial charge in [-0.2, -0.15) is 0 Å². The summed E-state index contributed by atoms with van der Waals surface area (Å²) < 4.78 is 11.5. The molecule has 3 nitrogen and oxygen atoms in total. The van der Waals surface area contributed by atoms with Crippen LogP contribution in [0.5, 0.6) is 5.75 Å². The standard InChI is InChI=1S/C25H26O3/c1-4-18(3)28-24(5-2)25(26)22-12-11-21-16-23(14-13-20(21)15-22)27-17-19-9-7-6-8-10-19/h2,4,6-10,13-14,16,22,24H,11-12,15,17H2,1,3H3/b18-4-. The molecule has 1 aliphatic carbocycles. The first-order valence-corrected chi connectivity index (χ1v) is 9.68. The second-order valence-corrected chi connectivity index (χ2v) is 7.11. The lowest BCUT2D eigenvalue weighted by molar-refractivity contribution is -0.129. The topological polar surface area (TPSA) is 35.5 Å². The molecule has 0 bridgehead atoms. The normalized spacial score (nSPS) is 17.2. The lowest BCUT2D eigenvalue weighted by Gasteiger charge is -2.26. The maximum absolute atomic E-state index is 12.8. The number of rotatable bonds is 7. The summed E-state index contributed by atoms with van der Waals surface area (Å²) in [5, 5.41) is 0. The Hall–Kier alpha value is -2.99. The monoisotopic (exact) mass is 374 g/mol. The van der Waals surface area contributed by atoms with E-state index < -0.39 is 6.10 Å². The number of benzene rings is 2. The van der Waals surface area contributed by atoms with Crippen molar-refractivity contribution < 1.29 is 14.3 Å². The highest BCUT2D eigenvalue weighted by molar-refractivity contribution is 5.88. The Labute approximate surface area is 167 Å². The minimum atomic E-state index is -0.809. The first kappa shape index (κ1) is 19.8. The highest BCUT2D eigenvalue weighted by Gasteiger charge is 2.30. The molecule has 0 heterocycles. The Morgan fingerprint density at radius 2 is 2.04 bits per heavy atom. The van der Waals surface area contributed by atoms with Gasteiger partial charge in [-0.1, -0.05) is 42.3 Å². The van der Waals surface area contributed by atoms with Crippen LogP contribution in [0.25, 0.3) is 0 Å². The van der Waals surface area contributed by atoms with Crippen LogP contribution in [-0.4, -0.2) is 11.9 Å². The van der Waals surface area contributed by atoms with E-state index in [1.54, 1.807) is 0 Å². The van der Waals surface area contributed by atoms with Crippen molar-refractivity contribution in [2.75, 3.05) is 0 Å². The van der Waals surface area contributed by atoms with Crippen LogP contribution in [-0.2, 0) is 29.0 Å². The molecular formula is C25H26O3. The lowest BCUT2D eigenvalue weighted by Crippen LogP contribution is -2.32. The summed E-state index contributed by atoms with van der Waals surface area (Å²) in [5.41, 5.74) is 3.58. The molecular weight excluding hydrogens is 348 g/mol. The maximum atomic E-state index is 12.8. The van der Waals surface area contributed by atoms with Gasteiger partial charge < -0.3 is 9.47 Å². The minimum absolute atomic E-state index is 0.00115. The molecule has 3 heteroatoms. The number of aryl methyl sites for hydroxylation is 1. The molecule has 0 radical (unpaired) electrons. The van der Waals surface area contributed by atoms with E-state index in [0.29, 0.717) is 18.8 Å². The average molecular weight is 374 g/mol. The second kappa shape index (κ2) is 9.28. The number of hydrogen-bond acceptors (Lipinski definition) is 3. The summed E-state index contributed by atoms with van der Waals surface area (Å²) in [6.45, 7) is 4.22. The molecule has 28 heavy (non-hydrogen) atoms. The molecule has 2 unspecified atom stereocenters. The molecule has 2 aromatic rings. The molecule has 2 atom stereocenters. The molecule has 2 aromatic carbocycles. The Bertz CT molecular complexity index is 890. The highest BCUT2D eigenvalue weighted by atomic mass is 16.5. The van der Waals surface area contributed by atoms with Crippen LogP contribution < -0.4 is 4.74 Å². The third-order valence-corrected chi connectivity index (χ3v) is 5.18. The number of terminal acetylenes is 1. The Morgan fingerprint density at radius 3 is 2.75 bits per heavy atom. The smallest absolute Gasteiger partial charge is 0.216 e. The van der Waals surface area contributed by atoms with Crippen LogP contribution in [0.1, 0.15) is 37.0 Å². The van der Waals surface area contributed by atoms with Crippen LogP contribution in [0, 0.1) is 18.3 Å². The highest BCUT2D eigenvalue weighted by Crippen LogP contribution is 2.30. The van der Waals surface area contributed by atoms with Gasteiger partial charge in [0.1, 0.15) is 12.4 Å². The van der Waals surface area contributed by atoms with E-state index in [2.05, 4.69) is 18.1 Å². The summed E-state index contributed by atoms with van der Waals surface area (Å²) in [7, 11) is 0. The Morgan fingerprint density at radius 1 is 1.25 bits per heavy atom. The third kappa shape index (κ3) is 4.84. The fourth-order valence-corrected chi connectivity index (χ4v) is 3.45. The van der Waals surface area contributed by atoms with Gasteiger partial charge in [0.25, 0.3) is 0 Å². The molecule has 0 aromatic heterocycles. The van der Waals surface area contributed by atoms with Crippen LogP contribution in [0.15, 0.2) is 60.4 Å². The molecule has 0 aliphatic heterocycles. The number of carbonyl (C=O) groups excluding carboxylic acids is 1. The first-order valence-electron chi connectivity index (χ1n) is 9.68. The number of ether oxygens (including phenoxy) is 2. The average Bonchev–Trinajstić information content (AvgIpc) is 2.75.